The summed E-state index contributed by atoms with van der Waals surface area (Å²) in [6, 6.07) is 8.11. The van der Waals surface area contributed by atoms with Gasteiger partial charge in [0.1, 0.15) is 0 Å². The fourth-order valence-electron chi connectivity index (χ4n) is 2.31. The molecule has 0 bridgehead atoms. The third kappa shape index (κ3) is 2.29. The number of rotatable bonds is 4. The first kappa shape index (κ1) is 13.1. The third-order valence-electron chi connectivity index (χ3n) is 3.36. The second kappa shape index (κ2) is 5.57. The highest BCUT2D eigenvalue weighted by Gasteiger charge is 2.20. The fourth-order valence-corrected chi connectivity index (χ4v) is 2.79. The lowest BCUT2D eigenvalue weighted by atomic mass is 9.93. The molecular formula is C14H18BrN3. The highest BCUT2D eigenvalue weighted by Crippen LogP contribution is 2.38. The number of nitrogens with two attached hydrogens (primary N) is 1. The molecule has 0 aliphatic carbocycles. The molecular weight excluding hydrogens is 290 g/mol. The van der Waals surface area contributed by atoms with Gasteiger partial charge >= 0.3 is 0 Å². The first-order valence-electron chi connectivity index (χ1n) is 6.27. The van der Waals surface area contributed by atoms with Crippen LogP contribution in [0, 0.1) is 0 Å². The van der Waals surface area contributed by atoms with Crippen molar-refractivity contribution in [2.75, 3.05) is 5.73 Å². The molecule has 3 N–H and O–H groups in total. The molecule has 2 aromatic rings. The Morgan fingerprint density at radius 2 is 1.94 bits per heavy atom. The summed E-state index contributed by atoms with van der Waals surface area (Å²) in [4.78, 5) is 0. The van der Waals surface area contributed by atoms with Gasteiger partial charge in [0.2, 0.25) is 0 Å². The lowest BCUT2D eigenvalue weighted by Crippen LogP contribution is -1.99. The minimum absolute atomic E-state index is 0.469. The topological polar surface area (TPSA) is 54.7 Å². The quantitative estimate of drug-likeness (QED) is 0.883. The summed E-state index contributed by atoms with van der Waals surface area (Å²) < 4.78 is 1.05. The van der Waals surface area contributed by atoms with E-state index in [-0.39, 0.29) is 0 Å². The number of hydrogen-bond acceptors (Lipinski definition) is 2. The molecule has 1 heterocycles. The zero-order valence-corrected chi connectivity index (χ0v) is 12.3. The van der Waals surface area contributed by atoms with Crippen LogP contribution in [0.25, 0.3) is 11.1 Å². The molecule has 3 nitrogen and oxygen atoms in total. The van der Waals surface area contributed by atoms with Crippen LogP contribution in [0.1, 0.15) is 38.3 Å². The predicted octanol–water partition coefficient (Wildman–Crippen LogP) is 4.33. The van der Waals surface area contributed by atoms with E-state index in [1.807, 2.05) is 18.2 Å². The van der Waals surface area contributed by atoms with Crippen molar-refractivity contribution < 1.29 is 0 Å². The molecule has 0 saturated carbocycles. The van der Waals surface area contributed by atoms with Gasteiger partial charge in [-0.05, 0) is 18.9 Å². The molecule has 0 aliphatic heterocycles. The lowest BCUT2D eigenvalue weighted by molar-refractivity contribution is 0.622. The van der Waals surface area contributed by atoms with Gasteiger partial charge in [0.15, 0.2) is 5.82 Å². The lowest BCUT2D eigenvalue weighted by Gasteiger charge is -2.13. The number of halogens is 1. The Bertz CT molecular complexity index is 530. The molecule has 0 radical (unpaired) electrons. The number of nitrogens with zero attached hydrogens (tertiary/aromatic N) is 1. The van der Waals surface area contributed by atoms with Gasteiger partial charge in [0.25, 0.3) is 0 Å². The first-order valence-corrected chi connectivity index (χ1v) is 7.06. The average molecular weight is 308 g/mol. The van der Waals surface area contributed by atoms with Crippen LogP contribution in [0.2, 0.25) is 0 Å². The normalized spacial score (nSPS) is 11.1. The first-order chi connectivity index (χ1) is 8.69. The van der Waals surface area contributed by atoms with E-state index < -0.39 is 0 Å². The minimum Gasteiger partial charge on any atom is -0.382 e. The van der Waals surface area contributed by atoms with Gasteiger partial charge < -0.3 is 5.73 Å². The maximum atomic E-state index is 6.03. The van der Waals surface area contributed by atoms with Crippen LogP contribution in [-0.4, -0.2) is 10.2 Å². The van der Waals surface area contributed by atoms with Gasteiger partial charge in [-0.2, -0.15) is 5.10 Å². The average Bonchev–Trinajstić information content (AvgIpc) is 2.74. The Morgan fingerprint density at radius 3 is 2.56 bits per heavy atom. The SMILES string of the molecule is CCC(CC)c1[nH]nc(N)c1-c1ccccc1Br. The summed E-state index contributed by atoms with van der Waals surface area (Å²) >= 11 is 3.58. The van der Waals surface area contributed by atoms with E-state index in [0.29, 0.717) is 11.7 Å². The maximum Gasteiger partial charge on any atom is 0.153 e. The van der Waals surface area contributed by atoms with Crippen molar-refractivity contribution in [3.63, 3.8) is 0 Å². The number of aromatic nitrogens is 2. The summed E-state index contributed by atoms with van der Waals surface area (Å²) in [6.07, 6.45) is 2.16. The predicted molar refractivity (Wildman–Crippen MR) is 79.5 cm³/mol. The maximum absolute atomic E-state index is 6.03. The number of hydrogen-bond donors (Lipinski definition) is 2. The van der Waals surface area contributed by atoms with E-state index in [1.54, 1.807) is 0 Å². The largest absolute Gasteiger partial charge is 0.382 e. The van der Waals surface area contributed by atoms with Gasteiger partial charge in [-0.15, -0.1) is 0 Å². The fraction of sp³-hybridized carbons (Fsp3) is 0.357. The third-order valence-corrected chi connectivity index (χ3v) is 4.05. The van der Waals surface area contributed by atoms with Crippen LogP contribution in [0.15, 0.2) is 28.7 Å². The van der Waals surface area contributed by atoms with Crippen molar-refractivity contribution in [3.05, 3.63) is 34.4 Å². The molecule has 2 rings (SSSR count). The number of nitrogen functional groups attached to an aromatic ring is 1. The summed E-state index contributed by atoms with van der Waals surface area (Å²) in [7, 11) is 0. The Morgan fingerprint density at radius 1 is 1.28 bits per heavy atom. The molecule has 1 aromatic heterocycles. The summed E-state index contributed by atoms with van der Waals surface area (Å²) in [5.74, 6) is 1.04. The minimum atomic E-state index is 0.469. The Balaban J connectivity index is 2.57. The number of anilines is 1. The van der Waals surface area contributed by atoms with Crippen LogP contribution in [0.4, 0.5) is 5.82 Å². The molecule has 0 fully saturated rings. The summed E-state index contributed by atoms with van der Waals surface area (Å²) in [6.45, 7) is 4.38. The van der Waals surface area contributed by atoms with Crippen LogP contribution in [-0.2, 0) is 0 Å². The zero-order chi connectivity index (χ0) is 13.1. The van der Waals surface area contributed by atoms with Crippen molar-refractivity contribution in [3.8, 4) is 11.1 Å². The molecule has 0 spiro atoms. The van der Waals surface area contributed by atoms with E-state index in [4.69, 9.17) is 5.73 Å². The van der Waals surface area contributed by atoms with Crippen molar-refractivity contribution >= 4 is 21.7 Å². The second-order valence-corrected chi connectivity index (χ2v) is 5.25. The molecule has 0 unspecified atom stereocenters. The zero-order valence-electron chi connectivity index (χ0n) is 10.7. The van der Waals surface area contributed by atoms with Gasteiger partial charge in [-0.3, -0.25) is 5.10 Å². The highest BCUT2D eigenvalue weighted by molar-refractivity contribution is 9.10. The smallest absolute Gasteiger partial charge is 0.153 e. The number of aromatic amines is 1. The summed E-state index contributed by atoms with van der Waals surface area (Å²) in [5, 5.41) is 7.29. The molecule has 0 atom stereocenters. The Hall–Kier alpha value is -1.29. The molecule has 0 aliphatic rings. The molecule has 4 heteroatoms. The van der Waals surface area contributed by atoms with Crippen molar-refractivity contribution in [2.24, 2.45) is 0 Å². The Kier molecular flexibility index (Phi) is 4.07. The van der Waals surface area contributed by atoms with Crippen molar-refractivity contribution in [1.29, 1.82) is 0 Å². The van der Waals surface area contributed by atoms with E-state index in [9.17, 15) is 0 Å². The molecule has 0 saturated heterocycles. The van der Waals surface area contributed by atoms with Crippen molar-refractivity contribution in [2.45, 2.75) is 32.6 Å². The van der Waals surface area contributed by atoms with Crippen LogP contribution < -0.4 is 5.73 Å². The number of H-pyrrole nitrogens is 1. The number of benzene rings is 1. The Labute approximate surface area is 116 Å². The van der Waals surface area contributed by atoms with E-state index in [1.165, 1.54) is 0 Å². The highest BCUT2D eigenvalue weighted by atomic mass is 79.9. The van der Waals surface area contributed by atoms with Gasteiger partial charge in [0, 0.05) is 27.2 Å². The van der Waals surface area contributed by atoms with E-state index in [0.717, 1.165) is 34.1 Å². The van der Waals surface area contributed by atoms with Crippen LogP contribution >= 0.6 is 15.9 Å². The molecule has 1 aromatic carbocycles. The molecule has 96 valence electrons. The molecule has 0 amide bonds. The monoisotopic (exact) mass is 307 g/mol. The van der Waals surface area contributed by atoms with Crippen molar-refractivity contribution in [1.82, 2.24) is 10.2 Å². The second-order valence-electron chi connectivity index (χ2n) is 4.39. The van der Waals surface area contributed by atoms with Crippen LogP contribution in [0.3, 0.4) is 0 Å². The van der Waals surface area contributed by atoms with Gasteiger partial charge in [-0.1, -0.05) is 48.0 Å². The van der Waals surface area contributed by atoms with Gasteiger partial charge in [-0.25, -0.2) is 0 Å². The number of nitrogens with one attached hydrogen (secondary N) is 1. The summed E-state index contributed by atoms with van der Waals surface area (Å²) in [5.41, 5.74) is 9.31. The van der Waals surface area contributed by atoms with Crippen LogP contribution in [0.5, 0.6) is 0 Å². The molecule has 18 heavy (non-hydrogen) atoms. The standard InChI is InChI=1S/C14H18BrN3/c1-3-9(4-2)13-12(14(16)18-17-13)10-7-5-6-8-11(10)15/h5-9H,3-4H2,1-2H3,(H3,16,17,18). The van der Waals surface area contributed by atoms with Gasteiger partial charge in [0.05, 0.1) is 0 Å². The van der Waals surface area contributed by atoms with E-state index >= 15 is 0 Å². The van der Waals surface area contributed by atoms with E-state index in [2.05, 4.69) is 46.0 Å².